The molecule has 0 radical (unpaired) electrons. The zero-order valence-corrected chi connectivity index (χ0v) is 17.8. The van der Waals surface area contributed by atoms with Gasteiger partial charge < -0.3 is 4.74 Å². The monoisotopic (exact) mass is 408 g/mol. The Balaban J connectivity index is 1.56. The van der Waals surface area contributed by atoms with Crippen LogP contribution in [0.2, 0.25) is 0 Å². The number of rotatable bonds is 8. The zero-order valence-electron chi connectivity index (χ0n) is 17.0. The third-order valence-corrected chi connectivity index (χ3v) is 5.85. The molecule has 0 bridgehead atoms. The van der Waals surface area contributed by atoms with E-state index >= 15 is 0 Å². The highest BCUT2D eigenvalue weighted by atomic mass is 32.1. The number of hydrogen-bond acceptors (Lipinski definition) is 4. The first-order valence-corrected chi connectivity index (χ1v) is 10.8. The van der Waals surface area contributed by atoms with Crippen molar-refractivity contribution < 1.29 is 4.74 Å². The summed E-state index contributed by atoms with van der Waals surface area (Å²) in [7, 11) is 0. The summed E-state index contributed by atoms with van der Waals surface area (Å²) in [5, 5.41) is 4.83. The fourth-order valence-corrected chi connectivity index (χ4v) is 3.96. The Kier molecular flexibility index (Phi) is 6.42. The number of nitrogens with zero attached hydrogens (tertiary/aromatic N) is 4. The van der Waals surface area contributed by atoms with Crippen LogP contribution in [-0.4, -0.2) is 32.3 Å². The van der Waals surface area contributed by atoms with Gasteiger partial charge in [0.15, 0.2) is 10.6 Å². The predicted octanol–water partition coefficient (Wildman–Crippen LogP) is 4.66. The van der Waals surface area contributed by atoms with Gasteiger partial charge in [0.05, 0.1) is 13.2 Å². The molecule has 0 unspecified atom stereocenters. The van der Waals surface area contributed by atoms with Crippen LogP contribution in [0.15, 0.2) is 54.6 Å². The zero-order chi connectivity index (χ0) is 20.1. The van der Waals surface area contributed by atoms with Gasteiger partial charge in [0, 0.05) is 0 Å². The van der Waals surface area contributed by atoms with Gasteiger partial charge in [-0.1, -0.05) is 49.4 Å². The molecule has 0 spiro atoms. The third kappa shape index (κ3) is 4.95. The Morgan fingerprint density at radius 3 is 2.38 bits per heavy atom. The van der Waals surface area contributed by atoms with Crippen LogP contribution in [0.4, 0.5) is 0 Å². The van der Waals surface area contributed by atoms with Crippen molar-refractivity contribution in [1.82, 2.24) is 19.2 Å². The summed E-state index contributed by atoms with van der Waals surface area (Å²) in [6, 6.07) is 18.6. The molecule has 1 saturated heterocycles. The average molecular weight is 409 g/mol. The molecule has 1 fully saturated rings. The first-order valence-electron chi connectivity index (χ1n) is 10.4. The third-order valence-electron chi connectivity index (χ3n) is 5.42. The molecule has 0 N–H and O–H groups in total. The molecule has 1 aromatic heterocycles. The summed E-state index contributed by atoms with van der Waals surface area (Å²) in [6.45, 7) is 6.23. The summed E-state index contributed by atoms with van der Waals surface area (Å²) in [5.74, 6) is 1.71. The Morgan fingerprint density at radius 1 is 0.966 bits per heavy atom. The fourth-order valence-electron chi connectivity index (χ4n) is 3.69. The van der Waals surface area contributed by atoms with Gasteiger partial charge in [0.2, 0.25) is 0 Å². The normalized spacial score (nSPS) is 14.4. The van der Waals surface area contributed by atoms with Crippen molar-refractivity contribution in [2.75, 3.05) is 13.1 Å². The molecule has 0 saturated carbocycles. The summed E-state index contributed by atoms with van der Waals surface area (Å²) in [5.41, 5.74) is 2.51. The second-order valence-electron chi connectivity index (χ2n) is 7.52. The summed E-state index contributed by atoms with van der Waals surface area (Å²) < 4.78 is 10.8. The fraction of sp³-hybridized carbons (Fsp3) is 0.391. The summed E-state index contributed by atoms with van der Waals surface area (Å²) >= 11 is 5.79. The smallest absolute Gasteiger partial charge is 0.199 e. The van der Waals surface area contributed by atoms with E-state index in [1.807, 2.05) is 22.9 Å². The predicted molar refractivity (Wildman–Crippen MR) is 118 cm³/mol. The molecule has 2 aromatic carbocycles. The lowest BCUT2D eigenvalue weighted by atomic mass is 10.2. The molecule has 2 heterocycles. The van der Waals surface area contributed by atoms with Gasteiger partial charge in [-0.15, -0.1) is 0 Å². The molecule has 0 amide bonds. The molecule has 1 aliphatic rings. The van der Waals surface area contributed by atoms with Crippen LogP contribution in [0.3, 0.4) is 0 Å². The van der Waals surface area contributed by atoms with Gasteiger partial charge in [0.1, 0.15) is 12.4 Å². The van der Waals surface area contributed by atoms with Crippen molar-refractivity contribution in [2.24, 2.45) is 0 Å². The van der Waals surface area contributed by atoms with E-state index in [0.717, 1.165) is 42.5 Å². The van der Waals surface area contributed by atoms with E-state index in [1.165, 1.54) is 24.0 Å². The first kappa shape index (κ1) is 19.9. The molecular formula is C23H28N4OS. The van der Waals surface area contributed by atoms with E-state index in [4.69, 9.17) is 22.1 Å². The topological polar surface area (TPSA) is 35.2 Å². The molecule has 152 valence electrons. The SMILES string of the molecule is CCc1ccc(OCc2nn(CN3CCCC3)c(=S)n2Cc2ccccc2)cc1. The largest absolute Gasteiger partial charge is 0.486 e. The number of ether oxygens (including phenoxy) is 1. The molecule has 6 heteroatoms. The Labute approximate surface area is 177 Å². The highest BCUT2D eigenvalue weighted by Crippen LogP contribution is 2.16. The molecule has 4 rings (SSSR count). The van der Waals surface area contributed by atoms with E-state index < -0.39 is 0 Å². The van der Waals surface area contributed by atoms with Crippen molar-refractivity contribution in [1.29, 1.82) is 0 Å². The number of likely N-dealkylation sites (tertiary alicyclic amines) is 1. The number of benzene rings is 2. The first-order chi connectivity index (χ1) is 14.2. The lowest BCUT2D eigenvalue weighted by Gasteiger charge is -2.13. The van der Waals surface area contributed by atoms with Gasteiger partial charge >= 0.3 is 0 Å². The molecule has 0 aliphatic carbocycles. The quantitative estimate of drug-likeness (QED) is 0.508. The summed E-state index contributed by atoms with van der Waals surface area (Å²) in [6.07, 6.45) is 3.53. The maximum Gasteiger partial charge on any atom is 0.199 e. The maximum absolute atomic E-state index is 6.05. The highest BCUT2D eigenvalue weighted by molar-refractivity contribution is 7.71. The van der Waals surface area contributed by atoms with Crippen molar-refractivity contribution >= 4 is 12.2 Å². The van der Waals surface area contributed by atoms with Crippen molar-refractivity contribution in [3.8, 4) is 5.75 Å². The molecule has 29 heavy (non-hydrogen) atoms. The van der Waals surface area contributed by atoms with Crippen molar-refractivity contribution in [2.45, 2.75) is 46.0 Å². The van der Waals surface area contributed by atoms with Gasteiger partial charge in [-0.3, -0.25) is 9.47 Å². The highest BCUT2D eigenvalue weighted by Gasteiger charge is 2.17. The minimum Gasteiger partial charge on any atom is -0.486 e. The van der Waals surface area contributed by atoms with E-state index in [0.29, 0.717) is 13.2 Å². The van der Waals surface area contributed by atoms with Crippen molar-refractivity contribution in [3.63, 3.8) is 0 Å². The lowest BCUT2D eigenvalue weighted by molar-refractivity contribution is 0.249. The second kappa shape index (κ2) is 9.37. The maximum atomic E-state index is 6.05. The average Bonchev–Trinajstić information content (AvgIpc) is 3.37. The van der Waals surface area contributed by atoms with Gasteiger partial charge in [-0.25, -0.2) is 4.68 Å². The van der Waals surface area contributed by atoms with Crippen LogP contribution in [0.5, 0.6) is 5.75 Å². The van der Waals surface area contributed by atoms with E-state index in [-0.39, 0.29) is 0 Å². The molecule has 3 aromatic rings. The molecular weight excluding hydrogens is 380 g/mol. The van der Waals surface area contributed by atoms with E-state index in [2.05, 4.69) is 52.8 Å². The van der Waals surface area contributed by atoms with Crippen molar-refractivity contribution in [3.05, 3.63) is 76.3 Å². The minimum absolute atomic E-state index is 0.398. The lowest BCUT2D eigenvalue weighted by Crippen LogP contribution is -2.23. The minimum atomic E-state index is 0.398. The van der Waals surface area contributed by atoms with E-state index in [9.17, 15) is 0 Å². The van der Waals surface area contributed by atoms with Crippen LogP contribution < -0.4 is 4.74 Å². The van der Waals surface area contributed by atoms with Gasteiger partial charge in [0.25, 0.3) is 0 Å². The molecule has 5 nitrogen and oxygen atoms in total. The van der Waals surface area contributed by atoms with Gasteiger partial charge in [-0.2, -0.15) is 5.10 Å². The van der Waals surface area contributed by atoms with Crippen LogP contribution >= 0.6 is 12.2 Å². The Morgan fingerprint density at radius 2 is 1.69 bits per heavy atom. The summed E-state index contributed by atoms with van der Waals surface area (Å²) in [4.78, 5) is 2.41. The van der Waals surface area contributed by atoms with Gasteiger partial charge in [-0.05, 0) is 67.8 Å². The van der Waals surface area contributed by atoms with Crippen LogP contribution in [-0.2, 0) is 26.2 Å². The number of aromatic nitrogens is 3. The molecule has 0 atom stereocenters. The standard InChI is InChI=1S/C23H28N4OS/c1-2-19-10-12-21(13-11-19)28-17-22-24-27(18-25-14-6-7-15-25)23(29)26(22)16-20-8-4-3-5-9-20/h3-5,8-13H,2,6-7,14-18H2,1H3. The Hall–Kier alpha value is -2.44. The van der Waals surface area contributed by atoms with Crippen LogP contribution in [0.25, 0.3) is 0 Å². The van der Waals surface area contributed by atoms with E-state index in [1.54, 1.807) is 0 Å². The van der Waals surface area contributed by atoms with Crippen LogP contribution in [0, 0.1) is 4.77 Å². The number of hydrogen-bond donors (Lipinski definition) is 0. The Bertz CT molecular complexity index is 972. The van der Waals surface area contributed by atoms with Crippen LogP contribution in [0.1, 0.15) is 36.7 Å². The molecule has 1 aliphatic heterocycles. The number of aryl methyl sites for hydroxylation is 1. The second-order valence-corrected chi connectivity index (χ2v) is 7.89.